The number of halogens is 2. The van der Waals surface area contributed by atoms with Gasteiger partial charge in [-0.25, -0.2) is 9.97 Å². The highest BCUT2D eigenvalue weighted by atomic mass is 35.5. The van der Waals surface area contributed by atoms with Crippen LogP contribution < -0.4 is 5.73 Å². The summed E-state index contributed by atoms with van der Waals surface area (Å²) in [5.74, 6) is 0.986. The van der Waals surface area contributed by atoms with E-state index in [0.29, 0.717) is 64.4 Å². The number of anilines is 1. The molecule has 0 spiro atoms. The van der Waals surface area contributed by atoms with Gasteiger partial charge in [0.25, 0.3) is 0 Å². The van der Waals surface area contributed by atoms with Crippen LogP contribution in [0.1, 0.15) is 37.7 Å². The molecule has 7 nitrogen and oxygen atoms in total. The third kappa shape index (κ3) is 4.66. The molecule has 0 amide bonds. The molecule has 0 aliphatic heterocycles. The van der Waals surface area contributed by atoms with E-state index in [1.54, 1.807) is 19.9 Å². The number of pyridine rings is 2. The quantitative estimate of drug-likeness (QED) is 0.401. The van der Waals surface area contributed by atoms with Gasteiger partial charge < -0.3 is 20.1 Å². The Labute approximate surface area is 196 Å². The van der Waals surface area contributed by atoms with Crippen LogP contribution in [0.25, 0.3) is 22.1 Å². The van der Waals surface area contributed by atoms with Crippen LogP contribution in [-0.2, 0) is 24.3 Å². The number of fused-ring (bicyclic) bond motifs is 3. The molecule has 0 unspecified atom stereocenters. The lowest BCUT2D eigenvalue weighted by atomic mass is 10.1. The van der Waals surface area contributed by atoms with Gasteiger partial charge in [0.05, 0.1) is 27.7 Å². The molecular weight excluding hydrogens is 449 g/mol. The Morgan fingerprint density at radius 3 is 2.56 bits per heavy atom. The second kappa shape index (κ2) is 8.83. The zero-order valence-electron chi connectivity index (χ0n) is 18.2. The molecule has 0 bridgehead atoms. The maximum absolute atomic E-state index is 10.5. The van der Waals surface area contributed by atoms with Crippen molar-refractivity contribution >= 4 is 51.1 Å². The minimum atomic E-state index is -0.966. The van der Waals surface area contributed by atoms with E-state index in [2.05, 4.69) is 9.97 Å². The summed E-state index contributed by atoms with van der Waals surface area (Å²) < 4.78 is 7.52. The summed E-state index contributed by atoms with van der Waals surface area (Å²) in [6.45, 7) is 6.59. The van der Waals surface area contributed by atoms with Crippen LogP contribution in [-0.4, -0.2) is 36.8 Å². The third-order valence-electron chi connectivity index (χ3n) is 5.05. The van der Waals surface area contributed by atoms with Gasteiger partial charge in [0.1, 0.15) is 29.0 Å². The molecule has 4 aromatic rings. The lowest BCUT2D eigenvalue weighted by Crippen LogP contribution is -2.27. The van der Waals surface area contributed by atoms with Gasteiger partial charge in [-0.15, -0.1) is 0 Å². The first kappa shape index (κ1) is 22.7. The number of aromatic nitrogens is 4. The maximum atomic E-state index is 10.5. The van der Waals surface area contributed by atoms with Crippen molar-refractivity contribution in [1.29, 1.82) is 0 Å². The second-order valence-corrected chi connectivity index (χ2v) is 9.21. The van der Waals surface area contributed by atoms with Gasteiger partial charge in [-0.2, -0.15) is 0 Å². The molecule has 0 atom stereocenters. The average Bonchev–Trinajstić information content (AvgIpc) is 3.06. The first-order valence-corrected chi connectivity index (χ1v) is 11.1. The van der Waals surface area contributed by atoms with E-state index in [0.717, 1.165) is 16.6 Å². The molecule has 1 aromatic carbocycles. The van der Waals surface area contributed by atoms with Crippen LogP contribution in [0.2, 0.25) is 10.0 Å². The molecule has 168 valence electrons. The number of aliphatic hydroxyl groups is 1. The van der Waals surface area contributed by atoms with Crippen LogP contribution in [0.15, 0.2) is 30.5 Å². The number of rotatable bonds is 7. The highest BCUT2D eigenvalue weighted by Crippen LogP contribution is 2.30. The second-order valence-electron chi connectivity index (χ2n) is 8.39. The number of nitrogens with two attached hydrogens (primary N) is 1. The number of nitrogens with zero attached hydrogens (tertiary/aromatic N) is 4. The number of hydrogen-bond acceptors (Lipinski definition) is 6. The molecule has 9 heteroatoms. The summed E-state index contributed by atoms with van der Waals surface area (Å²) in [6.07, 6.45) is 2.43. The highest BCUT2D eigenvalue weighted by Gasteiger charge is 2.23. The first-order chi connectivity index (χ1) is 15.2. The Hall–Kier alpha value is -2.45. The van der Waals surface area contributed by atoms with Crippen molar-refractivity contribution in [2.24, 2.45) is 0 Å². The predicted octanol–water partition coefficient (Wildman–Crippen LogP) is 4.77. The summed E-state index contributed by atoms with van der Waals surface area (Å²) in [6, 6.07) is 7.52. The van der Waals surface area contributed by atoms with Crippen molar-refractivity contribution in [2.75, 3.05) is 12.3 Å². The third-order valence-corrected chi connectivity index (χ3v) is 5.79. The summed E-state index contributed by atoms with van der Waals surface area (Å²) >= 11 is 12.2. The zero-order chi connectivity index (χ0) is 23.0. The minimum absolute atomic E-state index is 0.303. The van der Waals surface area contributed by atoms with Crippen LogP contribution >= 0.6 is 23.2 Å². The van der Waals surface area contributed by atoms with E-state index in [-0.39, 0.29) is 0 Å². The van der Waals surface area contributed by atoms with Gasteiger partial charge in [-0.1, -0.05) is 29.3 Å². The van der Waals surface area contributed by atoms with Crippen LogP contribution in [0.3, 0.4) is 0 Å². The number of imidazole rings is 1. The Kier molecular flexibility index (Phi) is 6.27. The van der Waals surface area contributed by atoms with E-state index < -0.39 is 5.60 Å². The molecule has 3 aromatic heterocycles. The topological polar surface area (TPSA) is 99.1 Å². The largest absolute Gasteiger partial charge is 0.389 e. The Morgan fingerprint density at radius 1 is 1.09 bits per heavy atom. The van der Waals surface area contributed by atoms with Gasteiger partial charge in [0.2, 0.25) is 0 Å². The van der Waals surface area contributed by atoms with Crippen molar-refractivity contribution in [3.8, 4) is 0 Å². The van der Waals surface area contributed by atoms with Crippen LogP contribution in [0.4, 0.5) is 5.82 Å². The zero-order valence-corrected chi connectivity index (χ0v) is 19.7. The standard InChI is InChI=1S/C23H25Cl2N5O2/c1-4-32-11-18-29-20-21(30(18)12-23(2,3)31)19-17(28-22(20)26)9-14(10-27-19)7-13-5-6-15(24)16(25)8-13/h5-6,8-10,31H,4,7,11-12H2,1-3H3,(H2,26,28). The monoisotopic (exact) mass is 473 g/mol. The highest BCUT2D eigenvalue weighted by molar-refractivity contribution is 6.42. The fourth-order valence-electron chi connectivity index (χ4n) is 3.71. The molecule has 0 saturated carbocycles. The molecule has 3 N–H and O–H groups in total. The lowest BCUT2D eigenvalue weighted by Gasteiger charge is -2.20. The van der Waals surface area contributed by atoms with Gasteiger partial charge in [-0.3, -0.25) is 4.98 Å². The number of hydrogen-bond donors (Lipinski definition) is 2. The van der Waals surface area contributed by atoms with Crippen molar-refractivity contribution in [2.45, 2.75) is 45.9 Å². The Morgan fingerprint density at radius 2 is 1.88 bits per heavy atom. The average molecular weight is 474 g/mol. The van der Waals surface area contributed by atoms with Crippen molar-refractivity contribution in [1.82, 2.24) is 19.5 Å². The summed E-state index contributed by atoms with van der Waals surface area (Å²) in [7, 11) is 0. The van der Waals surface area contributed by atoms with Gasteiger partial charge in [0.15, 0.2) is 5.82 Å². The Balaban J connectivity index is 1.84. The van der Waals surface area contributed by atoms with Crippen molar-refractivity contribution in [3.05, 3.63) is 57.5 Å². The van der Waals surface area contributed by atoms with E-state index in [4.69, 9.17) is 38.7 Å². The number of nitrogen functional groups attached to an aromatic ring is 1. The molecule has 0 aliphatic rings. The first-order valence-electron chi connectivity index (χ1n) is 10.3. The van der Waals surface area contributed by atoms with E-state index in [1.165, 1.54) is 0 Å². The minimum Gasteiger partial charge on any atom is -0.389 e. The molecule has 0 radical (unpaired) electrons. The maximum Gasteiger partial charge on any atom is 0.152 e. The fourth-order valence-corrected chi connectivity index (χ4v) is 4.03. The smallest absolute Gasteiger partial charge is 0.152 e. The molecule has 0 saturated heterocycles. The lowest BCUT2D eigenvalue weighted by molar-refractivity contribution is 0.0582. The molecule has 4 rings (SSSR count). The van der Waals surface area contributed by atoms with E-state index >= 15 is 0 Å². The Bertz CT molecular complexity index is 1300. The summed E-state index contributed by atoms with van der Waals surface area (Å²) in [5, 5.41) is 11.5. The molecule has 3 heterocycles. The SMILES string of the molecule is CCOCc1nc2c(N)nc3cc(Cc4ccc(Cl)c(Cl)c4)cnc3c2n1CC(C)(C)O. The summed E-state index contributed by atoms with van der Waals surface area (Å²) in [5.41, 5.74) is 9.93. The predicted molar refractivity (Wildman–Crippen MR) is 128 cm³/mol. The van der Waals surface area contributed by atoms with Gasteiger partial charge in [-0.05, 0) is 56.5 Å². The normalized spacial score (nSPS) is 12.2. The van der Waals surface area contributed by atoms with Gasteiger partial charge >= 0.3 is 0 Å². The molecule has 32 heavy (non-hydrogen) atoms. The molecule has 0 aliphatic carbocycles. The van der Waals surface area contributed by atoms with Crippen molar-refractivity contribution in [3.63, 3.8) is 0 Å². The van der Waals surface area contributed by atoms with Gasteiger partial charge in [0, 0.05) is 12.8 Å². The van der Waals surface area contributed by atoms with E-state index in [1.807, 2.05) is 35.9 Å². The molecule has 0 fully saturated rings. The van der Waals surface area contributed by atoms with Crippen molar-refractivity contribution < 1.29 is 9.84 Å². The fraction of sp³-hybridized carbons (Fsp3) is 0.348. The summed E-state index contributed by atoms with van der Waals surface area (Å²) in [4.78, 5) is 13.9. The van der Waals surface area contributed by atoms with E-state index in [9.17, 15) is 5.11 Å². The van der Waals surface area contributed by atoms with Crippen LogP contribution in [0.5, 0.6) is 0 Å². The number of ether oxygens (including phenoxy) is 1. The van der Waals surface area contributed by atoms with Crippen LogP contribution in [0, 0.1) is 0 Å². The molecular formula is C23H25Cl2N5O2. The number of benzene rings is 1.